The first kappa shape index (κ1) is 14.8. The number of carboxylic acid groups (broad SMARTS) is 1. The van der Waals surface area contributed by atoms with Crippen molar-refractivity contribution in [2.75, 3.05) is 5.32 Å². The van der Waals surface area contributed by atoms with Gasteiger partial charge in [0, 0.05) is 6.04 Å². The fourth-order valence-corrected chi connectivity index (χ4v) is 2.86. The van der Waals surface area contributed by atoms with E-state index in [9.17, 15) is 13.6 Å². The van der Waals surface area contributed by atoms with Gasteiger partial charge in [0.15, 0.2) is 0 Å². The Balaban J connectivity index is 2.19. The van der Waals surface area contributed by atoms with E-state index in [0.29, 0.717) is 0 Å². The zero-order valence-electron chi connectivity index (χ0n) is 11.7. The van der Waals surface area contributed by atoms with Gasteiger partial charge in [-0.05, 0) is 36.8 Å². The zero-order valence-corrected chi connectivity index (χ0v) is 11.7. The Kier molecular flexibility index (Phi) is 3.97. The Labute approximate surface area is 117 Å². The summed E-state index contributed by atoms with van der Waals surface area (Å²) in [6, 6.07) is 1.71. The number of carbonyl (C=O) groups is 1. The monoisotopic (exact) mass is 283 g/mol. The van der Waals surface area contributed by atoms with Crippen molar-refractivity contribution in [1.29, 1.82) is 0 Å². The number of rotatable bonds is 3. The molecule has 0 amide bonds. The van der Waals surface area contributed by atoms with Crippen LogP contribution < -0.4 is 5.32 Å². The Hall–Kier alpha value is -1.65. The van der Waals surface area contributed by atoms with Gasteiger partial charge in [0.1, 0.15) is 17.3 Å². The summed E-state index contributed by atoms with van der Waals surface area (Å²) >= 11 is 0. The summed E-state index contributed by atoms with van der Waals surface area (Å²) in [5.41, 5.74) is -0.448. The van der Waals surface area contributed by atoms with Crippen LogP contribution in [0.15, 0.2) is 12.1 Å². The van der Waals surface area contributed by atoms with Gasteiger partial charge < -0.3 is 10.4 Å². The van der Waals surface area contributed by atoms with E-state index in [1.54, 1.807) is 0 Å². The van der Waals surface area contributed by atoms with Crippen LogP contribution >= 0.6 is 0 Å². The predicted octanol–water partition coefficient (Wildman–Crippen LogP) is 4.04. The lowest BCUT2D eigenvalue weighted by atomic mass is 9.75. The molecule has 1 aliphatic carbocycles. The number of benzene rings is 1. The number of halogens is 2. The molecular formula is C15H19F2NO2. The van der Waals surface area contributed by atoms with Gasteiger partial charge in [-0.25, -0.2) is 13.6 Å². The van der Waals surface area contributed by atoms with Crippen LogP contribution in [0.5, 0.6) is 0 Å². The first-order chi connectivity index (χ1) is 9.28. The highest BCUT2D eigenvalue weighted by Crippen LogP contribution is 2.37. The maximum atomic E-state index is 13.9. The van der Waals surface area contributed by atoms with E-state index in [4.69, 9.17) is 5.11 Å². The molecule has 0 saturated heterocycles. The fraction of sp³-hybridized carbons (Fsp3) is 0.533. The van der Waals surface area contributed by atoms with Crippen LogP contribution in [0.3, 0.4) is 0 Å². The number of hydrogen-bond donors (Lipinski definition) is 2. The summed E-state index contributed by atoms with van der Waals surface area (Å²) in [7, 11) is 0. The first-order valence-corrected chi connectivity index (χ1v) is 6.77. The minimum absolute atomic E-state index is 0.0124. The molecule has 1 aromatic rings. The number of hydrogen-bond acceptors (Lipinski definition) is 2. The number of nitrogens with one attached hydrogen (secondary N) is 1. The molecule has 1 aromatic carbocycles. The van der Waals surface area contributed by atoms with Crippen molar-refractivity contribution in [3.63, 3.8) is 0 Å². The van der Waals surface area contributed by atoms with Gasteiger partial charge in [0.2, 0.25) is 0 Å². The lowest BCUT2D eigenvalue weighted by Gasteiger charge is -2.36. The number of carboxylic acids is 1. The maximum absolute atomic E-state index is 13.9. The molecule has 2 rings (SSSR count). The second-order valence-corrected chi connectivity index (χ2v) is 6.22. The molecule has 0 aromatic heterocycles. The summed E-state index contributed by atoms with van der Waals surface area (Å²) in [6.07, 6.45) is 3.82. The molecule has 1 fully saturated rings. The van der Waals surface area contributed by atoms with E-state index in [2.05, 4.69) is 19.2 Å². The maximum Gasteiger partial charge on any atom is 0.335 e. The van der Waals surface area contributed by atoms with Crippen molar-refractivity contribution in [1.82, 2.24) is 0 Å². The highest BCUT2D eigenvalue weighted by atomic mass is 19.1. The third kappa shape index (κ3) is 3.26. The smallest absolute Gasteiger partial charge is 0.335 e. The number of anilines is 1. The third-order valence-corrected chi connectivity index (χ3v) is 3.84. The molecular weight excluding hydrogens is 264 g/mol. The molecule has 0 radical (unpaired) electrons. The summed E-state index contributed by atoms with van der Waals surface area (Å²) < 4.78 is 27.7. The van der Waals surface area contributed by atoms with Crippen molar-refractivity contribution in [2.45, 2.75) is 45.6 Å². The summed E-state index contributed by atoms with van der Waals surface area (Å²) in [4.78, 5) is 10.7. The molecule has 2 N–H and O–H groups in total. The average Bonchev–Trinajstić information content (AvgIpc) is 2.32. The van der Waals surface area contributed by atoms with Gasteiger partial charge in [-0.2, -0.15) is 0 Å². The zero-order chi connectivity index (χ0) is 14.9. The Bertz CT molecular complexity index is 506. The molecule has 0 aliphatic heterocycles. The molecule has 5 heteroatoms. The van der Waals surface area contributed by atoms with E-state index in [-0.39, 0.29) is 22.7 Å². The van der Waals surface area contributed by atoms with Crippen LogP contribution in [0.2, 0.25) is 0 Å². The van der Waals surface area contributed by atoms with Crippen molar-refractivity contribution in [2.24, 2.45) is 5.41 Å². The molecule has 1 unspecified atom stereocenters. The SMILES string of the molecule is CC1(C)CCCC(Nc2c(F)cc(C(=O)O)cc2F)C1. The minimum atomic E-state index is -1.34. The van der Waals surface area contributed by atoms with Gasteiger partial charge in [-0.15, -0.1) is 0 Å². The predicted molar refractivity (Wildman–Crippen MR) is 73.0 cm³/mol. The van der Waals surface area contributed by atoms with E-state index in [0.717, 1.165) is 37.8 Å². The molecule has 1 saturated carbocycles. The third-order valence-electron chi connectivity index (χ3n) is 3.84. The Morgan fingerprint density at radius 2 is 1.95 bits per heavy atom. The summed E-state index contributed by atoms with van der Waals surface area (Å²) in [5, 5.41) is 11.7. The van der Waals surface area contributed by atoms with Crippen LogP contribution in [-0.4, -0.2) is 17.1 Å². The lowest BCUT2D eigenvalue weighted by Crippen LogP contribution is -2.32. The average molecular weight is 283 g/mol. The molecule has 0 heterocycles. The van der Waals surface area contributed by atoms with Crippen LogP contribution in [-0.2, 0) is 0 Å². The largest absolute Gasteiger partial charge is 0.478 e. The molecule has 1 atom stereocenters. The van der Waals surface area contributed by atoms with Gasteiger partial charge >= 0.3 is 5.97 Å². The Morgan fingerprint density at radius 1 is 1.35 bits per heavy atom. The first-order valence-electron chi connectivity index (χ1n) is 6.77. The molecule has 0 spiro atoms. The standard InChI is InChI=1S/C15H19F2NO2/c1-15(2)5-3-4-10(8-15)18-13-11(16)6-9(14(19)20)7-12(13)17/h6-7,10,18H,3-5,8H2,1-2H3,(H,19,20). The van der Waals surface area contributed by atoms with Crippen molar-refractivity contribution in [3.8, 4) is 0 Å². The van der Waals surface area contributed by atoms with Crippen LogP contribution in [0, 0.1) is 17.0 Å². The topological polar surface area (TPSA) is 49.3 Å². The van der Waals surface area contributed by atoms with E-state index in [1.165, 1.54) is 0 Å². The normalized spacial score (nSPS) is 21.5. The molecule has 110 valence electrons. The van der Waals surface area contributed by atoms with Gasteiger partial charge in [-0.3, -0.25) is 0 Å². The van der Waals surface area contributed by atoms with E-state index in [1.807, 2.05) is 0 Å². The van der Waals surface area contributed by atoms with Crippen LogP contribution in [0.1, 0.15) is 49.9 Å². The lowest BCUT2D eigenvalue weighted by molar-refractivity contribution is 0.0696. The molecule has 3 nitrogen and oxygen atoms in total. The summed E-state index contributed by atoms with van der Waals surface area (Å²) in [5.74, 6) is -3.05. The minimum Gasteiger partial charge on any atom is -0.478 e. The number of aromatic carboxylic acids is 1. The fourth-order valence-electron chi connectivity index (χ4n) is 2.86. The van der Waals surface area contributed by atoms with Crippen LogP contribution in [0.25, 0.3) is 0 Å². The van der Waals surface area contributed by atoms with E-state index >= 15 is 0 Å². The second-order valence-electron chi connectivity index (χ2n) is 6.22. The van der Waals surface area contributed by atoms with Crippen molar-refractivity contribution < 1.29 is 18.7 Å². The quantitative estimate of drug-likeness (QED) is 0.880. The van der Waals surface area contributed by atoms with Gasteiger partial charge in [-0.1, -0.05) is 20.3 Å². The van der Waals surface area contributed by atoms with Gasteiger partial charge in [0.05, 0.1) is 5.56 Å². The van der Waals surface area contributed by atoms with Crippen molar-refractivity contribution in [3.05, 3.63) is 29.3 Å². The van der Waals surface area contributed by atoms with Gasteiger partial charge in [0.25, 0.3) is 0 Å². The molecule has 0 bridgehead atoms. The molecule has 1 aliphatic rings. The highest BCUT2D eigenvalue weighted by Gasteiger charge is 2.29. The van der Waals surface area contributed by atoms with E-state index < -0.39 is 17.6 Å². The van der Waals surface area contributed by atoms with Crippen LogP contribution in [0.4, 0.5) is 14.5 Å². The molecule has 20 heavy (non-hydrogen) atoms. The van der Waals surface area contributed by atoms with Crippen molar-refractivity contribution >= 4 is 11.7 Å². The second kappa shape index (κ2) is 5.38. The highest BCUT2D eigenvalue weighted by molar-refractivity contribution is 5.88. The summed E-state index contributed by atoms with van der Waals surface area (Å²) in [6.45, 7) is 4.28. The Morgan fingerprint density at radius 3 is 2.45 bits per heavy atom.